The number of nitrogens with zero attached hydrogens (tertiary/aromatic N) is 1. The van der Waals surface area contributed by atoms with E-state index in [1.165, 1.54) is 7.11 Å². The van der Waals surface area contributed by atoms with Crippen LogP contribution in [-0.4, -0.2) is 18.6 Å². The van der Waals surface area contributed by atoms with Crippen LogP contribution in [0.3, 0.4) is 0 Å². The molecule has 0 radical (unpaired) electrons. The number of carbonyl (C=O) groups is 1. The van der Waals surface area contributed by atoms with Crippen LogP contribution in [0.4, 0.5) is 5.69 Å². The van der Waals surface area contributed by atoms with Gasteiger partial charge in [0.05, 0.1) is 18.2 Å². The van der Waals surface area contributed by atoms with Crippen molar-refractivity contribution in [1.82, 2.24) is 0 Å². The number of nitriles is 1. The molecule has 5 nitrogen and oxygen atoms in total. The quantitative estimate of drug-likeness (QED) is 0.848. The van der Waals surface area contributed by atoms with Gasteiger partial charge in [0.1, 0.15) is 17.5 Å². The minimum Gasteiger partial charge on any atom is -0.495 e. The number of ether oxygens (including phenoxy) is 1. The maximum Gasteiger partial charge on any atom is 0.244 e. The summed E-state index contributed by atoms with van der Waals surface area (Å²) in [4.78, 5) is 12.2. The number of carbonyl (C=O) groups excluding carboxylic acids is 1. The molecule has 0 atom stereocenters. The molecule has 3 N–H and O–H groups in total. The van der Waals surface area contributed by atoms with E-state index < -0.39 is 5.54 Å². The number of nitrogens with two attached hydrogens (primary N) is 1. The molecule has 1 rings (SSSR count). The molecule has 0 fully saturated rings. The van der Waals surface area contributed by atoms with E-state index in [1.807, 2.05) is 19.9 Å². The van der Waals surface area contributed by atoms with E-state index in [1.54, 1.807) is 18.2 Å². The van der Waals surface area contributed by atoms with E-state index in [-0.39, 0.29) is 5.91 Å². The van der Waals surface area contributed by atoms with Gasteiger partial charge in [0.15, 0.2) is 0 Å². The number of rotatable bonds is 5. The standard InChI is InChI=1S/C14H19N3O2/c1-4-14(16,5-2)13(18)17-12-10(9-15)7-6-8-11(12)19-3/h6-8H,4-5,16H2,1-3H3,(H,17,18). The largest absolute Gasteiger partial charge is 0.495 e. The Kier molecular flexibility index (Phi) is 4.90. The highest BCUT2D eigenvalue weighted by Crippen LogP contribution is 2.29. The fourth-order valence-electron chi connectivity index (χ4n) is 1.73. The Morgan fingerprint density at radius 3 is 2.58 bits per heavy atom. The molecule has 0 spiro atoms. The molecular formula is C14H19N3O2. The number of hydrogen-bond donors (Lipinski definition) is 2. The lowest BCUT2D eigenvalue weighted by Crippen LogP contribution is -2.50. The first-order valence-corrected chi connectivity index (χ1v) is 6.19. The average Bonchev–Trinajstić information content (AvgIpc) is 2.46. The van der Waals surface area contributed by atoms with E-state index in [4.69, 9.17) is 15.7 Å². The minimum absolute atomic E-state index is 0.307. The molecule has 102 valence electrons. The summed E-state index contributed by atoms with van der Waals surface area (Å²) in [6.07, 6.45) is 1.04. The fraction of sp³-hybridized carbons (Fsp3) is 0.429. The van der Waals surface area contributed by atoms with Crippen LogP contribution in [0.2, 0.25) is 0 Å². The van der Waals surface area contributed by atoms with E-state index in [0.717, 1.165) is 0 Å². The van der Waals surface area contributed by atoms with Gasteiger partial charge in [0.25, 0.3) is 0 Å². The normalized spacial score (nSPS) is 10.7. The second kappa shape index (κ2) is 6.21. The summed E-state index contributed by atoms with van der Waals surface area (Å²) in [7, 11) is 1.49. The zero-order chi connectivity index (χ0) is 14.5. The van der Waals surface area contributed by atoms with Crippen molar-refractivity contribution < 1.29 is 9.53 Å². The third kappa shape index (κ3) is 3.04. The molecule has 0 unspecified atom stereocenters. The van der Waals surface area contributed by atoms with Crippen molar-refractivity contribution in [3.8, 4) is 11.8 Å². The minimum atomic E-state index is -0.937. The van der Waals surface area contributed by atoms with Gasteiger partial charge in [-0.1, -0.05) is 19.9 Å². The lowest BCUT2D eigenvalue weighted by atomic mass is 9.93. The van der Waals surface area contributed by atoms with E-state index in [0.29, 0.717) is 29.8 Å². The van der Waals surface area contributed by atoms with Crippen LogP contribution in [0, 0.1) is 11.3 Å². The third-order valence-corrected chi connectivity index (χ3v) is 3.32. The third-order valence-electron chi connectivity index (χ3n) is 3.32. The van der Waals surface area contributed by atoms with Gasteiger partial charge in [-0.25, -0.2) is 0 Å². The van der Waals surface area contributed by atoms with Gasteiger partial charge in [-0.3, -0.25) is 4.79 Å². The van der Waals surface area contributed by atoms with Gasteiger partial charge >= 0.3 is 0 Å². The van der Waals surface area contributed by atoms with Gasteiger partial charge < -0.3 is 15.8 Å². The molecule has 1 aromatic rings. The molecule has 0 saturated heterocycles. The summed E-state index contributed by atoms with van der Waals surface area (Å²) in [5.41, 5.74) is 5.82. The second-order valence-corrected chi connectivity index (χ2v) is 4.31. The van der Waals surface area contributed by atoms with Crippen LogP contribution >= 0.6 is 0 Å². The van der Waals surface area contributed by atoms with Gasteiger partial charge in [-0.15, -0.1) is 0 Å². The van der Waals surface area contributed by atoms with Crippen LogP contribution in [0.15, 0.2) is 18.2 Å². The topological polar surface area (TPSA) is 88.1 Å². The first-order chi connectivity index (χ1) is 9.02. The number of anilines is 1. The first-order valence-electron chi connectivity index (χ1n) is 6.19. The lowest BCUT2D eigenvalue weighted by Gasteiger charge is -2.25. The van der Waals surface area contributed by atoms with Crippen molar-refractivity contribution in [2.45, 2.75) is 32.2 Å². The predicted octanol–water partition coefficient (Wildman–Crippen LogP) is 2.02. The second-order valence-electron chi connectivity index (χ2n) is 4.31. The van der Waals surface area contributed by atoms with Gasteiger partial charge in [-0.2, -0.15) is 5.26 Å². The Labute approximate surface area is 113 Å². The molecule has 19 heavy (non-hydrogen) atoms. The highest BCUT2D eigenvalue weighted by atomic mass is 16.5. The maximum atomic E-state index is 12.2. The summed E-state index contributed by atoms with van der Waals surface area (Å²) in [5, 5.41) is 11.8. The van der Waals surface area contributed by atoms with Gasteiger partial charge in [-0.05, 0) is 25.0 Å². The van der Waals surface area contributed by atoms with Crippen LogP contribution in [0.25, 0.3) is 0 Å². The Hall–Kier alpha value is -2.06. The Bertz CT molecular complexity index is 502. The van der Waals surface area contributed by atoms with Crippen molar-refractivity contribution in [3.63, 3.8) is 0 Å². The van der Waals surface area contributed by atoms with E-state index in [2.05, 4.69) is 5.32 Å². The molecule has 0 bridgehead atoms. The Morgan fingerprint density at radius 1 is 1.47 bits per heavy atom. The molecule has 1 amide bonds. The lowest BCUT2D eigenvalue weighted by molar-refractivity contribution is -0.121. The summed E-state index contributed by atoms with van der Waals surface area (Å²) < 4.78 is 5.16. The average molecular weight is 261 g/mol. The summed E-state index contributed by atoms with van der Waals surface area (Å²) in [5.74, 6) is 0.139. The number of para-hydroxylation sites is 1. The zero-order valence-corrected chi connectivity index (χ0v) is 11.5. The first kappa shape index (κ1) is 15.0. The zero-order valence-electron chi connectivity index (χ0n) is 11.5. The molecule has 0 aliphatic carbocycles. The molecule has 5 heteroatoms. The number of methoxy groups -OCH3 is 1. The van der Waals surface area contributed by atoms with Gasteiger partial charge in [0, 0.05) is 0 Å². The molecule has 0 saturated carbocycles. The summed E-state index contributed by atoms with van der Waals surface area (Å²) in [6.45, 7) is 3.72. The van der Waals surface area contributed by atoms with E-state index in [9.17, 15) is 4.79 Å². The smallest absolute Gasteiger partial charge is 0.244 e. The van der Waals surface area contributed by atoms with Gasteiger partial charge in [0.2, 0.25) is 5.91 Å². The van der Waals surface area contributed by atoms with Crippen molar-refractivity contribution in [3.05, 3.63) is 23.8 Å². The monoisotopic (exact) mass is 261 g/mol. The highest BCUT2D eigenvalue weighted by Gasteiger charge is 2.31. The summed E-state index contributed by atoms with van der Waals surface area (Å²) in [6, 6.07) is 7.03. The molecule has 0 aliphatic heterocycles. The molecule has 0 heterocycles. The number of benzene rings is 1. The highest BCUT2D eigenvalue weighted by molar-refractivity contribution is 6.00. The van der Waals surface area contributed by atoms with Crippen molar-refractivity contribution in [2.24, 2.45) is 5.73 Å². The molecule has 0 aromatic heterocycles. The predicted molar refractivity (Wildman–Crippen MR) is 73.8 cm³/mol. The van der Waals surface area contributed by atoms with E-state index >= 15 is 0 Å². The van der Waals surface area contributed by atoms with Crippen molar-refractivity contribution >= 4 is 11.6 Å². The van der Waals surface area contributed by atoms with Crippen LogP contribution in [0.5, 0.6) is 5.75 Å². The Morgan fingerprint density at radius 2 is 2.11 bits per heavy atom. The molecule has 0 aliphatic rings. The van der Waals surface area contributed by atoms with Crippen LogP contribution in [0.1, 0.15) is 32.3 Å². The SMILES string of the molecule is CCC(N)(CC)C(=O)Nc1c(C#N)cccc1OC. The number of amides is 1. The molecule has 1 aromatic carbocycles. The van der Waals surface area contributed by atoms with Crippen LogP contribution < -0.4 is 15.8 Å². The number of nitrogens with one attached hydrogen (secondary N) is 1. The van der Waals surface area contributed by atoms with Crippen LogP contribution in [-0.2, 0) is 4.79 Å². The maximum absolute atomic E-state index is 12.2. The number of hydrogen-bond acceptors (Lipinski definition) is 4. The molecular weight excluding hydrogens is 242 g/mol. The fourth-order valence-corrected chi connectivity index (χ4v) is 1.73. The summed E-state index contributed by atoms with van der Waals surface area (Å²) >= 11 is 0. The Balaban J connectivity index is 3.13. The van der Waals surface area contributed by atoms with Crippen molar-refractivity contribution in [1.29, 1.82) is 5.26 Å². The van der Waals surface area contributed by atoms with Crippen molar-refractivity contribution in [2.75, 3.05) is 12.4 Å².